The molecular formula is C19H37N3O3. The normalized spacial score (nSPS) is 23.0. The molecule has 2 rings (SSSR count). The van der Waals surface area contributed by atoms with Crippen LogP contribution in [0.15, 0.2) is 4.99 Å². The highest BCUT2D eigenvalue weighted by Crippen LogP contribution is 2.17. The van der Waals surface area contributed by atoms with Gasteiger partial charge in [0, 0.05) is 46.5 Å². The summed E-state index contributed by atoms with van der Waals surface area (Å²) < 4.78 is 17.2. The molecule has 0 amide bonds. The molecule has 2 heterocycles. The minimum Gasteiger partial charge on any atom is -0.382 e. The van der Waals surface area contributed by atoms with Crippen LogP contribution in [0.5, 0.6) is 0 Å². The van der Waals surface area contributed by atoms with E-state index in [4.69, 9.17) is 14.2 Å². The van der Waals surface area contributed by atoms with E-state index in [1.54, 1.807) is 0 Å². The van der Waals surface area contributed by atoms with Gasteiger partial charge in [0.2, 0.25) is 0 Å². The first-order chi connectivity index (χ1) is 12.3. The average Bonchev–Trinajstić information content (AvgIpc) is 2.67. The van der Waals surface area contributed by atoms with Crippen LogP contribution in [0.3, 0.4) is 0 Å². The largest absolute Gasteiger partial charge is 0.382 e. The van der Waals surface area contributed by atoms with Crippen molar-refractivity contribution in [3.05, 3.63) is 0 Å². The van der Waals surface area contributed by atoms with E-state index >= 15 is 0 Å². The Morgan fingerprint density at radius 2 is 2.04 bits per heavy atom. The molecule has 146 valence electrons. The van der Waals surface area contributed by atoms with Crippen molar-refractivity contribution in [2.24, 2.45) is 4.99 Å². The molecule has 6 heteroatoms. The molecule has 0 bridgehead atoms. The third-order valence-electron chi connectivity index (χ3n) is 4.95. The van der Waals surface area contributed by atoms with Crippen molar-refractivity contribution in [3.63, 3.8) is 0 Å². The van der Waals surface area contributed by atoms with Gasteiger partial charge >= 0.3 is 0 Å². The molecule has 0 saturated carbocycles. The summed E-state index contributed by atoms with van der Waals surface area (Å²) in [5.41, 5.74) is 0. The van der Waals surface area contributed by atoms with Gasteiger partial charge in [-0.3, -0.25) is 4.99 Å². The number of likely N-dealkylation sites (tertiary alicyclic amines) is 1. The minimum atomic E-state index is 0.317. The first-order valence-electron chi connectivity index (χ1n) is 10.1. The Labute approximate surface area is 153 Å². The molecule has 25 heavy (non-hydrogen) atoms. The Morgan fingerprint density at radius 3 is 2.72 bits per heavy atom. The van der Waals surface area contributed by atoms with Crippen LogP contribution in [-0.2, 0) is 14.2 Å². The van der Waals surface area contributed by atoms with Gasteiger partial charge in [-0.05, 0) is 51.9 Å². The summed E-state index contributed by atoms with van der Waals surface area (Å²) in [5, 5.41) is 3.47. The maximum Gasteiger partial charge on any atom is 0.193 e. The second kappa shape index (κ2) is 12.5. The van der Waals surface area contributed by atoms with Gasteiger partial charge in [-0.25, -0.2) is 0 Å². The molecule has 1 atom stereocenters. The number of piperidine rings is 1. The molecular weight excluding hydrogens is 318 g/mol. The van der Waals surface area contributed by atoms with Crippen molar-refractivity contribution in [3.8, 4) is 0 Å². The Kier molecular flexibility index (Phi) is 10.2. The monoisotopic (exact) mass is 355 g/mol. The van der Waals surface area contributed by atoms with E-state index in [-0.39, 0.29) is 0 Å². The van der Waals surface area contributed by atoms with Crippen molar-refractivity contribution in [1.82, 2.24) is 10.2 Å². The Morgan fingerprint density at radius 1 is 1.20 bits per heavy atom. The lowest BCUT2D eigenvalue weighted by atomic mass is 10.1. The van der Waals surface area contributed by atoms with Crippen LogP contribution in [-0.4, -0.2) is 76.2 Å². The van der Waals surface area contributed by atoms with Crippen LogP contribution in [0.1, 0.15) is 51.9 Å². The Hall–Kier alpha value is -0.850. The first kappa shape index (κ1) is 20.5. The minimum absolute atomic E-state index is 0.317. The summed E-state index contributed by atoms with van der Waals surface area (Å²) in [6.45, 7) is 8.33. The van der Waals surface area contributed by atoms with Crippen molar-refractivity contribution < 1.29 is 14.2 Å². The zero-order chi connectivity index (χ0) is 17.7. The van der Waals surface area contributed by atoms with Crippen LogP contribution in [0.4, 0.5) is 0 Å². The molecule has 0 aromatic rings. The van der Waals surface area contributed by atoms with Gasteiger partial charge in [0.05, 0.1) is 18.8 Å². The fraction of sp³-hybridized carbons (Fsp3) is 0.947. The number of aliphatic imine (C=N–C) groups is 1. The standard InChI is InChI=1S/C19H37N3O3/c1-3-23-14-7-5-11-21-19(20-2)22-12-9-17(10-13-22)25-16-18-8-4-6-15-24-18/h17-18H,3-16H2,1-2H3,(H,20,21). The molecule has 2 aliphatic heterocycles. The molecule has 0 aliphatic carbocycles. The fourth-order valence-corrected chi connectivity index (χ4v) is 3.42. The summed E-state index contributed by atoms with van der Waals surface area (Å²) >= 11 is 0. The molecule has 1 N–H and O–H groups in total. The van der Waals surface area contributed by atoms with E-state index < -0.39 is 0 Å². The number of nitrogens with zero attached hydrogens (tertiary/aromatic N) is 2. The van der Waals surface area contributed by atoms with Crippen molar-refractivity contribution in [1.29, 1.82) is 0 Å². The van der Waals surface area contributed by atoms with Crippen molar-refractivity contribution >= 4 is 5.96 Å². The molecule has 2 saturated heterocycles. The van der Waals surface area contributed by atoms with Gasteiger partial charge in [-0.15, -0.1) is 0 Å². The van der Waals surface area contributed by atoms with E-state index in [0.717, 1.165) is 84.1 Å². The maximum absolute atomic E-state index is 6.09. The third-order valence-corrected chi connectivity index (χ3v) is 4.95. The molecule has 6 nitrogen and oxygen atoms in total. The van der Waals surface area contributed by atoms with E-state index in [1.807, 2.05) is 14.0 Å². The van der Waals surface area contributed by atoms with Gasteiger partial charge in [0.25, 0.3) is 0 Å². The Balaban J connectivity index is 1.57. The van der Waals surface area contributed by atoms with Gasteiger partial charge in [0.1, 0.15) is 0 Å². The summed E-state index contributed by atoms with van der Waals surface area (Å²) in [6, 6.07) is 0. The molecule has 0 aromatic heterocycles. The number of guanidine groups is 1. The lowest BCUT2D eigenvalue weighted by molar-refractivity contribution is -0.0721. The summed E-state index contributed by atoms with van der Waals surface area (Å²) in [4.78, 5) is 6.78. The zero-order valence-corrected chi connectivity index (χ0v) is 16.2. The quantitative estimate of drug-likeness (QED) is 0.391. The lowest BCUT2D eigenvalue weighted by Crippen LogP contribution is -2.47. The molecule has 2 fully saturated rings. The number of ether oxygens (including phenoxy) is 3. The highest BCUT2D eigenvalue weighted by Gasteiger charge is 2.23. The summed E-state index contributed by atoms with van der Waals surface area (Å²) in [5.74, 6) is 1.02. The Bertz CT molecular complexity index is 365. The number of nitrogens with one attached hydrogen (secondary N) is 1. The van der Waals surface area contributed by atoms with Gasteiger partial charge in [0.15, 0.2) is 5.96 Å². The molecule has 0 radical (unpaired) electrons. The number of hydrogen-bond acceptors (Lipinski definition) is 4. The SMILES string of the molecule is CCOCCCCNC(=NC)N1CCC(OCC2CCCCO2)CC1. The number of rotatable bonds is 9. The predicted molar refractivity (Wildman–Crippen MR) is 101 cm³/mol. The second-order valence-corrected chi connectivity index (χ2v) is 6.89. The first-order valence-corrected chi connectivity index (χ1v) is 10.1. The summed E-state index contributed by atoms with van der Waals surface area (Å²) in [7, 11) is 1.87. The van der Waals surface area contributed by atoms with Crippen molar-refractivity contribution in [2.75, 3.05) is 53.1 Å². The topological polar surface area (TPSA) is 55.3 Å². The van der Waals surface area contributed by atoms with Crippen LogP contribution in [0, 0.1) is 0 Å². The molecule has 2 aliphatic rings. The fourth-order valence-electron chi connectivity index (χ4n) is 3.42. The van der Waals surface area contributed by atoms with Gasteiger partial charge < -0.3 is 24.4 Å². The number of hydrogen-bond donors (Lipinski definition) is 1. The predicted octanol–water partition coefficient (Wildman–Crippen LogP) is 2.43. The van der Waals surface area contributed by atoms with E-state index in [0.29, 0.717) is 12.2 Å². The van der Waals surface area contributed by atoms with Crippen LogP contribution in [0.25, 0.3) is 0 Å². The lowest BCUT2D eigenvalue weighted by Gasteiger charge is -2.35. The van der Waals surface area contributed by atoms with Crippen molar-refractivity contribution in [2.45, 2.75) is 64.1 Å². The third kappa shape index (κ3) is 7.92. The molecule has 1 unspecified atom stereocenters. The average molecular weight is 356 g/mol. The molecule has 0 aromatic carbocycles. The van der Waals surface area contributed by atoms with Gasteiger partial charge in [-0.2, -0.15) is 0 Å². The summed E-state index contributed by atoms with van der Waals surface area (Å²) in [6.07, 6.45) is 8.65. The van der Waals surface area contributed by atoms with E-state index in [9.17, 15) is 0 Å². The van der Waals surface area contributed by atoms with Crippen LogP contribution in [0.2, 0.25) is 0 Å². The van der Waals surface area contributed by atoms with Crippen LogP contribution < -0.4 is 5.32 Å². The van der Waals surface area contributed by atoms with E-state index in [1.165, 1.54) is 12.8 Å². The molecule has 0 spiro atoms. The highest BCUT2D eigenvalue weighted by atomic mass is 16.5. The van der Waals surface area contributed by atoms with Gasteiger partial charge in [-0.1, -0.05) is 0 Å². The highest BCUT2D eigenvalue weighted by molar-refractivity contribution is 5.79. The van der Waals surface area contributed by atoms with Crippen LogP contribution >= 0.6 is 0 Å². The number of unbranched alkanes of at least 4 members (excludes halogenated alkanes) is 1. The maximum atomic E-state index is 6.09. The second-order valence-electron chi connectivity index (χ2n) is 6.89. The zero-order valence-electron chi connectivity index (χ0n) is 16.2. The van der Waals surface area contributed by atoms with E-state index in [2.05, 4.69) is 15.2 Å². The smallest absolute Gasteiger partial charge is 0.193 e.